The van der Waals surface area contributed by atoms with Crippen molar-refractivity contribution in [2.75, 3.05) is 19.8 Å². The molecule has 0 aliphatic rings. The van der Waals surface area contributed by atoms with Crippen LogP contribution in [0.2, 0.25) is 0 Å². The normalized spacial score (nSPS) is 10.1. The van der Waals surface area contributed by atoms with Gasteiger partial charge in [-0.05, 0) is 64.1 Å². The molecule has 0 radical (unpaired) electrons. The standard InChI is InChI=1S/C23H31NO3/c1-4-6-8-10-15-26-22-17-20(19(3)25)18-23(21(22)13-12-14-24)27-16-11-9-7-5-2/h1-2,17-18H,6-16,24H2,3H3. The maximum Gasteiger partial charge on any atom is 0.160 e. The molecule has 4 nitrogen and oxygen atoms in total. The first kappa shape index (κ1) is 22.6. The van der Waals surface area contributed by atoms with Gasteiger partial charge in [-0.15, -0.1) is 24.7 Å². The first-order valence-electron chi connectivity index (χ1n) is 9.64. The van der Waals surface area contributed by atoms with Crippen LogP contribution in [0.1, 0.15) is 67.8 Å². The lowest BCUT2D eigenvalue weighted by Crippen LogP contribution is -2.09. The second-order valence-corrected chi connectivity index (χ2v) is 6.42. The molecule has 0 fully saturated rings. The molecule has 4 heteroatoms. The molecule has 0 unspecified atom stereocenters. The van der Waals surface area contributed by atoms with Gasteiger partial charge in [0.05, 0.1) is 13.2 Å². The Morgan fingerprint density at radius 1 is 0.963 bits per heavy atom. The van der Waals surface area contributed by atoms with E-state index in [1.165, 1.54) is 0 Å². The molecule has 1 rings (SSSR count). The van der Waals surface area contributed by atoms with Gasteiger partial charge in [0.2, 0.25) is 0 Å². The third-order valence-corrected chi connectivity index (χ3v) is 4.15. The van der Waals surface area contributed by atoms with Crippen molar-refractivity contribution in [1.29, 1.82) is 0 Å². The molecule has 0 aliphatic carbocycles. The van der Waals surface area contributed by atoms with Crippen LogP contribution in [0.3, 0.4) is 0 Å². The predicted molar refractivity (Wildman–Crippen MR) is 110 cm³/mol. The molecule has 146 valence electrons. The molecule has 0 aromatic heterocycles. The summed E-state index contributed by atoms with van der Waals surface area (Å²) >= 11 is 0. The van der Waals surface area contributed by atoms with E-state index in [-0.39, 0.29) is 5.78 Å². The lowest BCUT2D eigenvalue weighted by Gasteiger charge is -2.18. The van der Waals surface area contributed by atoms with Crippen LogP contribution < -0.4 is 15.2 Å². The number of terminal acetylenes is 2. The number of hydrogen-bond acceptors (Lipinski definition) is 4. The lowest BCUT2D eigenvalue weighted by molar-refractivity contribution is 0.101. The highest BCUT2D eigenvalue weighted by Crippen LogP contribution is 2.33. The van der Waals surface area contributed by atoms with Crippen LogP contribution in [0.15, 0.2) is 12.1 Å². The molecule has 0 heterocycles. The van der Waals surface area contributed by atoms with Crippen molar-refractivity contribution in [1.82, 2.24) is 0 Å². The Morgan fingerprint density at radius 2 is 1.48 bits per heavy atom. The highest BCUT2D eigenvalue weighted by molar-refractivity contribution is 5.95. The van der Waals surface area contributed by atoms with E-state index in [9.17, 15) is 4.79 Å². The van der Waals surface area contributed by atoms with E-state index in [1.54, 1.807) is 19.1 Å². The van der Waals surface area contributed by atoms with Crippen molar-refractivity contribution in [3.8, 4) is 36.2 Å². The average molecular weight is 370 g/mol. The summed E-state index contributed by atoms with van der Waals surface area (Å²) in [4.78, 5) is 11.9. The monoisotopic (exact) mass is 369 g/mol. The third-order valence-electron chi connectivity index (χ3n) is 4.15. The largest absolute Gasteiger partial charge is 0.493 e. The molecule has 2 N–H and O–H groups in total. The number of Topliss-reactive ketones (excluding diaryl/α,β-unsaturated/α-hetero) is 1. The fourth-order valence-corrected chi connectivity index (χ4v) is 2.63. The molecule has 1 aromatic rings. The summed E-state index contributed by atoms with van der Waals surface area (Å²) in [6, 6.07) is 3.61. The molecule has 0 spiro atoms. The second kappa shape index (κ2) is 13.7. The summed E-state index contributed by atoms with van der Waals surface area (Å²) in [5, 5.41) is 0. The summed E-state index contributed by atoms with van der Waals surface area (Å²) in [6.07, 6.45) is 17.2. The van der Waals surface area contributed by atoms with E-state index in [0.717, 1.165) is 56.9 Å². The molecule has 27 heavy (non-hydrogen) atoms. The Labute approximate surface area is 163 Å². The maximum absolute atomic E-state index is 11.9. The minimum atomic E-state index is -0.0188. The Hall–Kier alpha value is -2.43. The molecule has 1 aromatic carbocycles. The Kier molecular flexibility index (Phi) is 11.5. The van der Waals surface area contributed by atoms with Crippen LogP contribution in [0.5, 0.6) is 11.5 Å². The Morgan fingerprint density at radius 3 is 1.89 bits per heavy atom. The highest BCUT2D eigenvalue weighted by Gasteiger charge is 2.15. The SMILES string of the molecule is C#CCCCCOc1cc(C(C)=O)cc(OCCCCC#C)c1CCCN. The Balaban J connectivity index is 2.95. The quantitative estimate of drug-likeness (QED) is 0.304. The minimum Gasteiger partial charge on any atom is -0.493 e. The molecule has 0 atom stereocenters. The van der Waals surface area contributed by atoms with Gasteiger partial charge in [0, 0.05) is 24.0 Å². The zero-order valence-corrected chi connectivity index (χ0v) is 16.4. The van der Waals surface area contributed by atoms with Gasteiger partial charge in [0.25, 0.3) is 0 Å². The van der Waals surface area contributed by atoms with Crippen LogP contribution in [0.25, 0.3) is 0 Å². The fourth-order valence-electron chi connectivity index (χ4n) is 2.63. The summed E-state index contributed by atoms with van der Waals surface area (Å²) < 4.78 is 12.0. The van der Waals surface area contributed by atoms with Gasteiger partial charge in [-0.25, -0.2) is 0 Å². The summed E-state index contributed by atoms with van der Waals surface area (Å²) in [5.41, 5.74) is 7.25. The highest BCUT2D eigenvalue weighted by atomic mass is 16.5. The topological polar surface area (TPSA) is 61.5 Å². The van der Waals surface area contributed by atoms with E-state index in [0.29, 0.717) is 36.8 Å². The van der Waals surface area contributed by atoms with E-state index in [2.05, 4.69) is 11.8 Å². The lowest BCUT2D eigenvalue weighted by atomic mass is 10.0. The fraction of sp³-hybridized carbons (Fsp3) is 0.522. The first-order valence-corrected chi connectivity index (χ1v) is 9.64. The molecular weight excluding hydrogens is 338 g/mol. The summed E-state index contributed by atoms with van der Waals surface area (Å²) in [7, 11) is 0. The van der Waals surface area contributed by atoms with Gasteiger partial charge in [0.1, 0.15) is 11.5 Å². The molecular formula is C23H31NO3. The number of ether oxygens (including phenoxy) is 2. The van der Waals surface area contributed by atoms with Crippen LogP contribution in [0.4, 0.5) is 0 Å². The van der Waals surface area contributed by atoms with E-state index >= 15 is 0 Å². The number of carbonyl (C=O) groups is 1. The molecule has 0 aliphatic heterocycles. The van der Waals surface area contributed by atoms with Crippen molar-refractivity contribution in [3.05, 3.63) is 23.3 Å². The number of nitrogens with two attached hydrogens (primary N) is 1. The predicted octanol–water partition coefficient (Wildman–Crippen LogP) is 4.15. The van der Waals surface area contributed by atoms with Gasteiger partial charge in [-0.2, -0.15) is 0 Å². The van der Waals surface area contributed by atoms with E-state index in [4.69, 9.17) is 28.1 Å². The first-order chi connectivity index (χ1) is 13.1. The average Bonchev–Trinajstić information content (AvgIpc) is 2.66. The van der Waals surface area contributed by atoms with Gasteiger partial charge < -0.3 is 15.2 Å². The van der Waals surface area contributed by atoms with Crippen LogP contribution in [0, 0.1) is 24.7 Å². The van der Waals surface area contributed by atoms with E-state index < -0.39 is 0 Å². The number of unbranched alkanes of at least 4 members (excludes halogenated alkanes) is 4. The summed E-state index contributed by atoms with van der Waals surface area (Å²) in [6.45, 7) is 3.24. The zero-order chi connectivity index (χ0) is 19.9. The zero-order valence-electron chi connectivity index (χ0n) is 16.4. The van der Waals surface area contributed by atoms with Crippen molar-refractivity contribution >= 4 is 5.78 Å². The van der Waals surface area contributed by atoms with E-state index in [1.807, 2.05) is 0 Å². The van der Waals surface area contributed by atoms with Crippen molar-refractivity contribution in [2.24, 2.45) is 5.73 Å². The Bertz CT molecular complexity index is 622. The molecule has 0 bridgehead atoms. The van der Waals surface area contributed by atoms with Gasteiger partial charge in [-0.3, -0.25) is 4.79 Å². The maximum atomic E-state index is 11.9. The number of hydrogen-bond donors (Lipinski definition) is 1. The summed E-state index contributed by atoms with van der Waals surface area (Å²) in [5.74, 6) is 6.65. The smallest absolute Gasteiger partial charge is 0.160 e. The molecule has 0 amide bonds. The van der Waals surface area contributed by atoms with Crippen molar-refractivity contribution < 1.29 is 14.3 Å². The molecule has 0 saturated carbocycles. The number of benzene rings is 1. The molecule has 0 saturated heterocycles. The van der Waals surface area contributed by atoms with Crippen LogP contribution in [-0.2, 0) is 6.42 Å². The minimum absolute atomic E-state index is 0.0188. The third kappa shape index (κ3) is 8.67. The van der Waals surface area contributed by atoms with Gasteiger partial charge >= 0.3 is 0 Å². The number of rotatable bonds is 14. The number of carbonyl (C=O) groups excluding carboxylic acids is 1. The van der Waals surface area contributed by atoms with Crippen LogP contribution >= 0.6 is 0 Å². The number of ketones is 1. The van der Waals surface area contributed by atoms with Crippen LogP contribution in [-0.4, -0.2) is 25.5 Å². The van der Waals surface area contributed by atoms with Gasteiger partial charge in [0.15, 0.2) is 5.78 Å². The van der Waals surface area contributed by atoms with Crippen molar-refractivity contribution in [2.45, 2.75) is 58.3 Å². The van der Waals surface area contributed by atoms with Gasteiger partial charge in [-0.1, -0.05) is 0 Å². The van der Waals surface area contributed by atoms with Crippen molar-refractivity contribution in [3.63, 3.8) is 0 Å². The second-order valence-electron chi connectivity index (χ2n) is 6.42.